The van der Waals surface area contributed by atoms with Crippen molar-refractivity contribution in [2.45, 2.75) is 44.3 Å². The molecule has 0 bridgehead atoms. The molecule has 0 radical (unpaired) electrons. The first-order valence-electron chi connectivity index (χ1n) is 9.51. The lowest BCUT2D eigenvalue weighted by Crippen LogP contribution is -2.47. The highest BCUT2D eigenvalue weighted by atomic mass is 19.4. The zero-order chi connectivity index (χ0) is 23.0. The molecule has 3 rings (SSSR count). The summed E-state index contributed by atoms with van der Waals surface area (Å²) in [5.74, 6) is -5.65. The maximum atomic E-state index is 15.1. The van der Waals surface area contributed by atoms with Gasteiger partial charge in [0.15, 0.2) is 23.2 Å². The fraction of sp³-hybridized carbons (Fsp3) is 0.409. The number of carboxylic acids is 1. The van der Waals surface area contributed by atoms with Gasteiger partial charge in [-0.15, -0.1) is 0 Å². The summed E-state index contributed by atoms with van der Waals surface area (Å²) in [5.41, 5.74) is -1.96. The lowest BCUT2D eigenvalue weighted by Gasteiger charge is -2.32. The molecule has 1 N–H and O–H groups in total. The highest BCUT2D eigenvalue weighted by Gasteiger charge is 2.66. The zero-order valence-corrected chi connectivity index (χ0v) is 17.1. The van der Waals surface area contributed by atoms with Crippen molar-refractivity contribution >= 4 is 5.97 Å². The van der Waals surface area contributed by atoms with Crippen molar-refractivity contribution in [3.05, 3.63) is 59.4 Å². The van der Waals surface area contributed by atoms with E-state index in [-0.39, 0.29) is 23.7 Å². The van der Waals surface area contributed by atoms with Crippen molar-refractivity contribution in [2.24, 2.45) is 5.92 Å². The fourth-order valence-electron chi connectivity index (χ4n) is 3.88. The van der Waals surface area contributed by atoms with Crippen LogP contribution in [-0.4, -0.2) is 36.1 Å². The van der Waals surface area contributed by atoms with Crippen molar-refractivity contribution < 1.29 is 41.7 Å². The van der Waals surface area contributed by atoms with Gasteiger partial charge in [-0.2, -0.15) is 17.6 Å². The number of carboxylic acid groups (broad SMARTS) is 1. The first kappa shape index (κ1) is 22.9. The molecule has 1 aliphatic rings. The van der Waals surface area contributed by atoms with Gasteiger partial charge in [0.25, 0.3) is 0 Å². The Morgan fingerprint density at radius 2 is 1.84 bits per heavy atom. The van der Waals surface area contributed by atoms with Crippen LogP contribution in [0, 0.1) is 11.7 Å². The van der Waals surface area contributed by atoms with Gasteiger partial charge in [0.05, 0.1) is 7.11 Å². The molecule has 3 unspecified atom stereocenters. The Labute approximate surface area is 176 Å². The summed E-state index contributed by atoms with van der Waals surface area (Å²) in [6.07, 6.45) is -6.65. The Morgan fingerprint density at radius 3 is 2.39 bits per heavy atom. The molecular formula is C22H22F4O5. The largest absolute Gasteiger partial charge is 0.493 e. The summed E-state index contributed by atoms with van der Waals surface area (Å²) in [5, 5.41) is 9.51. The van der Waals surface area contributed by atoms with E-state index in [2.05, 4.69) is 0 Å². The minimum atomic E-state index is -4.82. The van der Waals surface area contributed by atoms with Crippen molar-refractivity contribution in [3.8, 4) is 11.5 Å². The lowest BCUT2D eigenvalue weighted by molar-refractivity contribution is -0.273. The third-order valence-corrected chi connectivity index (χ3v) is 5.80. The summed E-state index contributed by atoms with van der Waals surface area (Å²) >= 11 is 0. The standard InChI is InChI=1S/C22H22F4O5/c1-12-16(19(20(27)28)31-21(12,2)22(24,25)26)14-9-10-15(17(23)18(14)29-3)30-11-13-7-5-4-6-8-13/h4-10,12,16,19H,11H2,1-3H3,(H,27,28)/t12?,16?,19-,21?/m1/s1. The van der Waals surface area contributed by atoms with E-state index in [1.54, 1.807) is 24.3 Å². The maximum absolute atomic E-state index is 15.1. The van der Waals surface area contributed by atoms with E-state index in [9.17, 15) is 23.1 Å². The van der Waals surface area contributed by atoms with Gasteiger partial charge in [0, 0.05) is 17.4 Å². The Kier molecular flexibility index (Phi) is 6.18. The van der Waals surface area contributed by atoms with Crippen LogP contribution in [0.4, 0.5) is 17.6 Å². The Bertz CT molecular complexity index is 947. The molecule has 0 aromatic heterocycles. The number of benzene rings is 2. The third-order valence-electron chi connectivity index (χ3n) is 5.80. The van der Waals surface area contributed by atoms with Crippen molar-refractivity contribution in [1.29, 1.82) is 0 Å². The molecular weight excluding hydrogens is 420 g/mol. The number of ether oxygens (including phenoxy) is 3. The number of alkyl halides is 3. The van der Waals surface area contributed by atoms with E-state index in [4.69, 9.17) is 14.2 Å². The summed E-state index contributed by atoms with van der Waals surface area (Å²) in [6, 6.07) is 11.6. The maximum Gasteiger partial charge on any atom is 0.417 e. The smallest absolute Gasteiger partial charge is 0.417 e. The molecule has 0 aliphatic carbocycles. The first-order chi connectivity index (χ1) is 14.5. The summed E-state index contributed by atoms with van der Waals surface area (Å²) in [6.45, 7) is 2.10. The molecule has 4 atom stereocenters. The number of aliphatic carboxylic acids is 1. The van der Waals surface area contributed by atoms with E-state index in [0.29, 0.717) is 0 Å². The summed E-state index contributed by atoms with van der Waals surface area (Å²) in [4.78, 5) is 11.7. The second kappa shape index (κ2) is 8.37. The Balaban J connectivity index is 1.99. The van der Waals surface area contributed by atoms with Gasteiger partial charge < -0.3 is 19.3 Å². The molecule has 31 heavy (non-hydrogen) atoms. The highest BCUT2D eigenvalue weighted by Crippen LogP contribution is 2.55. The van der Waals surface area contributed by atoms with Gasteiger partial charge >= 0.3 is 12.1 Å². The van der Waals surface area contributed by atoms with E-state index >= 15 is 4.39 Å². The van der Waals surface area contributed by atoms with E-state index in [1.165, 1.54) is 19.1 Å². The zero-order valence-electron chi connectivity index (χ0n) is 17.1. The molecule has 2 aromatic rings. The van der Waals surface area contributed by atoms with Crippen molar-refractivity contribution in [1.82, 2.24) is 0 Å². The molecule has 0 amide bonds. The van der Waals surface area contributed by atoms with Crippen LogP contribution in [-0.2, 0) is 16.1 Å². The molecule has 2 aromatic carbocycles. The van der Waals surface area contributed by atoms with Gasteiger partial charge in [-0.3, -0.25) is 0 Å². The number of rotatable bonds is 6. The second-order valence-electron chi connectivity index (χ2n) is 7.57. The van der Waals surface area contributed by atoms with Gasteiger partial charge in [-0.25, -0.2) is 4.79 Å². The average Bonchev–Trinajstić information content (AvgIpc) is 3.00. The summed E-state index contributed by atoms with van der Waals surface area (Å²) in [7, 11) is 1.15. The van der Waals surface area contributed by atoms with Crippen LogP contribution >= 0.6 is 0 Å². The molecule has 5 nitrogen and oxygen atoms in total. The Morgan fingerprint density at radius 1 is 1.19 bits per heavy atom. The molecule has 0 saturated carbocycles. The van der Waals surface area contributed by atoms with Gasteiger partial charge in [0.1, 0.15) is 6.61 Å². The van der Waals surface area contributed by atoms with Crippen LogP contribution in [0.15, 0.2) is 42.5 Å². The van der Waals surface area contributed by atoms with Crippen LogP contribution in [0.1, 0.15) is 30.9 Å². The minimum Gasteiger partial charge on any atom is -0.493 e. The van der Waals surface area contributed by atoms with Crippen molar-refractivity contribution in [2.75, 3.05) is 7.11 Å². The van der Waals surface area contributed by atoms with Gasteiger partial charge in [-0.05, 0) is 18.6 Å². The van der Waals surface area contributed by atoms with E-state index < -0.39 is 41.5 Å². The quantitative estimate of drug-likeness (QED) is 0.643. The number of carbonyl (C=O) groups is 1. The predicted octanol–water partition coefficient (Wildman–Crippen LogP) is 4.94. The highest BCUT2D eigenvalue weighted by molar-refractivity contribution is 5.75. The average molecular weight is 442 g/mol. The SMILES string of the molecule is COc1c(C2C(C)C(C)(C(F)(F)F)O[C@H]2C(=O)O)ccc(OCc2ccccc2)c1F. The van der Waals surface area contributed by atoms with Crippen LogP contribution in [0.2, 0.25) is 0 Å². The summed E-state index contributed by atoms with van der Waals surface area (Å²) < 4.78 is 71.7. The molecule has 168 valence electrons. The number of hydrogen-bond donors (Lipinski definition) is 1. The number of halogens is 4. The monoisotopic (exact) mass is 442 g/mol. The van der Waals surface area contributed by atoms with Crippen molar-refractivity contribution in [3.63, 3.8) is 0 Å². The van der Waals surface area contributed by atoms with Crippen LogP contribution in [0.3, 0.4) is 0 Å². The first-order valence-corrected chi connectivity index (χ1v) is 9.51. The molecule has 1 saturated heterocycles. The van der Waals surface area contributed by atoms with Crippen LogP contribution in [0.5, 0.6) is 11.5 Å². The number of hydrogen-bond acceptors (Lipinski definition) is 4. The molecule has 1 fully saturated rings. The molecule has 1 heterocycles. The molecule has 0 spiro atoms. The predicted molar refractivity (Wildman–Crippen MR) is 103 cm³/mol. The molecule has 1 aliphatic heterocycles. The van der Waals surface area contributed by atoms with E-state index in [0.717, 1.165) is 19.6 Å². The van der Waals surface area contributed by atoms with Crippen LogP contribution in [0.25, 0.3) is 0 Å². The lowest BCUT2D eigenvalue weighted by atomic mass is 9.77. The minimum absolute atomic E-state index is 0.0278. The van der Waals surface area contributed by atoms with E-state index in [1.807, 2.05) is 6.07 Å². The molecule has 9 heteroatoms. The normalized spacial score (nSPS) is 26.0. The second-order valence-corrected chi connectivity index (χ2v) is 7.57. The van der Waals surface area contributed by atoms with Gasteiger partial charge in [-0.1, -0.05) is 43.3 Å². The van der Waals surface area contributed by atoms with Crippen LogP contribution < -0.4 is 9.47 Å². The Hall–Kier alpha value is -2.81. The van der Waals surface area contributed by atoms with Gasteiger partial charge in [0.2, 0.25) is 5.82 Å². The number of methoxy groups -OCH3 is 1. The fourth-order valence-corrected chi connectivity index (χ4v) is 3.88. The third kappa shape index (κ3) is 4.06. The topological polar surface area (TPSA) is 65.0 Å².